The van der Waals surface area contributed by atoms with Crippen molar-refractivity contribution >= 4 is 0 Å². The van der Waals surface area contributed by atoms with Gasteiger partial charge in [0.1, 0.15) is 0 Å². The van der Waals surface area contributed by atoms with Crippen LogP contribution in [0.5, 0.6) is 6.01 Å². The van der Waals surface area contributed by atoms with Gasteiger partial charge in [0, 0.05) is 11.9 Å². The van der Waals surface area contributed by atoms with E-state index in [0.29, 0.717) is 6.01 Å². The van der Waals surface area contributed by atoms with Crippen LogP contribution in [0.4, 0.5) is 0 Å². The van der Waals surface area contributed by atoms with Gasteiger partial charge >= 0.3 is 6.01 Å². The van der Waals surface area contributed by atoms with E-state index in [1.54, 1.807) is 6.20 Å². The summed E-state index contributed by atoms with van der Waals surface area (Å²) in [5.41, 5.74) is 0.950. The fraction of sp³-hybridized carbons (Fsp3) is 0.692. The minimum absolute atomic E-state index is 0.506. The van der Waals surface area contributed by atoms with Crippen molar-refractivity contribution in [2.75, 3.05) is 19.7 Å². The molecule has 0 bridgehead atoms. The molecule has 0 spiro atoms. The summed E-state index contributed by atoms with van der Waals surface area (Å²) in [6, 6.07) is 2.38. The van der Waals surface area contributed by atoms with E-state index in [4.69, 9.17) is 4.74 Å². The molecule has 17 heavy (non-hydrogen) atoms. The summed E-state index contributed by atoms with van der Waals surface area (Å²) in [5, 5.41) is 3.44. The molecule has 1 fully saturated rings. The second-order valence-corrected chi connectivity index (χ2v) is 4.68. The lowest BCUT2D eigenvalue weighted by atomic mass is 9.95. The highest BCUT2D eigenvalue weighted by atomic mass is 16.5. The van der Waals surface area contributed by atoms with E-state index in [9.17, 15) is 0 Å². The Kier molecular flexibility index (Phi) is 4.74. The molecule has 1 aromatic rings. The summed E-state index contributed by atoms with van der Waals surface area (Å²) in [7, 11) is 0. The molecule has 4 nitrogen and oxygen atoms in total. The van der Waals surface area contributed by atoms with Gasteiger partial charge in [-0.2, -0.15) is 0 Å². The van der Waals surface area contributed by atoms with Crippen LogP contribution in [0.3, 0.4) is 0 Å². The van der Waals surface area contributed by atoms with Gasteiger partial charge in [-0.05, 0) is 57.7 Å². The summed E-state index contributed by atoms with van der Waals surface area (Å²) in [6.07, 6.45) is 6.73. The molecule has 2 heterocycles. The second-order valence-electron chi connectivity index (χ2n) is 4.68. The molecule has 0 amide bonds. The minimum atomic E-state index is 0.506. The largest absolute Gasteiger partial charge is 0.463 e. The number of nitrogens with zero attached hydrogens (tertiary/aromatic N) is 2. The van der Waals surface area contributed by atoms with Gasteiger partial charge in [0.2, 0.25) is 0 Å². The van der Waals surface area contributed by atoms with Crippen molar-refractivity contribution in [2.45, 2.75) is 32.6 Å². The number of ether oxygens (including phenoxy) is 1. The lowest BCUT2D eigenvalue weighted by molar-refractivity contribution is 0.259. The van der Waals surface area contributed by atoms with Crippen LogP contribution in [-0.4, -0.2) is 29.7 Å². The normalized spacial score (nSPS) is 20.2. The van der Waals surface area contributed by atoms with Gasteiger partial charge in [-0.1, -0.05) is 0 Å². The number of piperidine rings is 1. The Morgan fingerprint density at radius 3 is 3.24 bits per heavy atom. The molecule has 0 radical (unpaired) electrons. The Hall–Kier alpha value is -1.16. The first-order valence-corrected chi connectivity index (χ1v) is 6.48. The van der Waals surface area contributed by atoms with Crippen molar-refractivity contribution in [2.24, 2.45) is 5.92 Å². The predicted octanol–water partition coefficient (Wildman–Crippen LogP) is 1.94. The molecule has 1 aliphatic rings. The maximum absolute atomic E-state index is 5.54. The van der Waals surface area contributed by atoms with Gasteiger partial charge in [0.15, 0.2) is 0 Å². The highest BCUT2D eigenvalue weighted by Crippen LogP contribution is 2.15. The lowest BCUT2D eigenvalue weighted by Gasteiger charge is -2.22. The Bertz CT molecular complexity index is 337. The zero-order valence-electron chi connectivity index (χ0n) is 10.5. The summed E-state index contributed by atoms with van der Waals surface area (Å²) >= 11 is 0. The van der Waals surface area contributed by atoms with Gasteiger partial charge in [0.25, 0.3) is 0 Å². The van der Waals surface area contributed by atoms with Gasteiger partial charge < -0.3 is 10.1 Å². The molecule has 1 saturated heterocycles. The summed E-state index contributed by atoms with van der Waals surface area (Å²) < 4.78 is 5.54. The van der Waals surface area contributed by atoms with Crippen molar-refractivity contribution in [1.82, 2.24) is 15.3 Å². The molecular formula is C13H21N3O. The van der Waals surface area contributed by atoms with E-state index < -0.39 is 0 Å². The maximum atomic E-state index is 5.54. The quantitative estimate of drug-likeness (QED) is 0.792. The zero-order valence-corrected chi connectivity index (χ0v) is 10.5. The van der Waals surface area contributed by atoms with E-state index >= 15 is 0 Å². The molecule has 94 valence electrons. The average Bonchev–Trinajstić information content (AvgIpc) is 2.36. The van der Waals surface area contributed by atoms with Crippen molar-refractivity contribution in [3.8, 4) is 6.01 Å². The summed E-state index contributed by atoms with van der Waals surface area (Å²) in [4.78, 5) is 8.29. The highest BCUT2D eigenvalue weighted by molar-refractivity contribution is 5.02. The maximum Gasteiger partial charge on any atom is 0.316 e. The Morgan fingerprint density at radius 2 is 2.47 bits per heavy atom. The van der Waals surface area contributed by atoms with Gasteiger partial charge in [-0.15, -0.1) is 0 Å². The summed E-state index contributed by atoms with van der Waals surface area (Å²) in [5.74, 6) is 0.825. The van der Waals surface area contributed by atoms with Crippen molar-refractivity contribution < 1.29 is 4.74 Å². The number of aryl methyl sites for hydroxylation is 1. The van der Waals surface area contributed by atoms with Crippen LogP contribution in [0.15, 0.2) is 12.3 Å². The van der Waals surface area contributed by atoms with E-state index in [-0.39, 0.29) is 0 Å². The van der Waals surface area contributed by atoms with Gasteiger partial charge in [-0.25, -0.2) is 9.97 Å². The molecule has 0 aromatic carbocycles. The molecular weight excluding hydrogens is 214 g/mol. The smallest absolute Gasteiger partial charge is 0.316 e. The first-order chi connectivity index (χ1) is 8.34. The Labute approximate surface area is 103 Å². The third kappa shape index (κ3) is 4.30. The van der Waals surface area contributed by atoms with E-state index in [0.717, 1.165) is 24.6 Å². The van der Waals surface area contributed by atoms with Crippen LogP contribution in [0.2, 0.25) is 0 Å². The monoisotopic (exact) mass is 235 g/mol. The first kappa shape index (κ1) is 12.3. The van der Waals surface area contributed by atoms with Crippen LogP contribution < -0.4 is 10.1 Å². The van der Waals surface area contributed by atoms with Crippen molar-refractivity contribution in [1.29, 1.82) is 0 Å². The molecule has 0 aliphatic carbocycles. The molecule has 1 aliphatic heterocycles. The third-order valence-electron chi connectivity index (χ3n) is 3.16. The third-order valence-corrected chi connectivity index (χ3v) is 3.16. The van der Waals surface area contributed by atoms with Crippen LogP contribution in [-0.2, 0) is 0 Å². The van der Waals surface area contributed by atoms with Crippen LogP contribution in [0, 0.1) is 12.8 Å². The van der Waals surface area contributed by atoms with E-state index in [1.165, 1.54) is 32.4 Å². The molecule has 0 unspecified atom stereocenters. The first-order valence-electron chi connectivity index (χ1n) is 6.48. The summed E-state index contributed by atoms with van der Waals surface area (Å²) in [6.45, 7) is 5.02. The second kappa shape index (κ2) is 6.55. The van der Waals surface area contributed by atoms with E-state index in [2.05, 4.69) is 15.3 Å². The Morgan fingerprint density at radius 1 is 1.53 bits per heavy atom. The average molecular weight is 235 g/mol. The van der Waals surface area contributed by atoms with Crippen LogP contribution in [0.1, 0.15) is 31.4 Å². The van der Waals surface area contributed by atoms with Crippen molar-refractivity contribution in [3.63, 3.8) is 0 Å². The minimum Gasteiger partial charge on any atom is -0.463 e. The van der Waals surface area contributed by atoms with Gasteiger partial charge in [-0.3, -0.25) is 0 Å². The topological polar surface area (TPSA) is 47.0 Å². The molecule has 2 rings (SSSR count). The number of hydrogen-bond donors (Lipinski definition) is 1. The lowest BCUT2D eigenvalue weighted by Crippen LogP contribution is -2.29. The van der Waals surface area contributed by atoms with Crippen LogP contribution in [0.25, 0.3) is 0 Å². The molecule has 0 saturated carbocycles. The standard InChI is InChI=1S/C13H21N3O/c1-11-6-8-15-13(16-11)17-9-3-5-12-4-2-7-14-10-12/h6,8,12,14H,2-5,7,9-10H2,1H3/t12-/m0/s1. The number of nitrogens with one attached hydrogen (secondary N) is 1. The Balaban J connectivity index is 1.62. The van der Waals surface area contributed by atoms with Gasteiger partial charge in [0.05, 0.1) is 6.61 Å². The number of hydrogen-bond acceptors (Lipinski definition) is 4. The highest BCUT2D eigenvalue weighted by Gasteiger charge is 2.12. The van der Waals surface area contributed by atoms with Crippen molar-refractivity contribution in [3.05, 3.63) is 18.0 Å². The SMILES string of the molecule is Cc1ccnc(OCCC[C@@H]2CCCNC2)n1. The molecule has 1 N–H and O–H groups in total. The predicted molar refractivity (Wildman–Crippen MR) is 67.1 cm³/mol. The fourth-order valence-electron chi connectivity index (χ4n) is 2.20. The molecule has 4 heteroatoms. The molecule has 1 atom stereocenters. The number of rotatable bonds is 5. The van der Waals surface area contributed by atoms with Crippen LogP contribution >= 0.6 is 0 Å². The fourth-order valence-corrected chi connectivity index (χ4v) is 2.20. The van der Waals surface area contributed by atoms with E-state index in [1.807, 2.05) is 13.0 Å². The number of aromatic nitrogens is 2. The zero-order chi connectivity index (χ0) is 11.9. The molecule has 1 aromatic heterocycles.